The maximum absolute atomic E-state index is 12.1. The van der Waals surface area contributed by atoms with Gasteiger partial charge in [-0.05, 0) is 43.9 Å². The third kappa shape index (κ3) is 3.23. The highest BCUT2D eigenvalue weighted by atomic mass is 16.1. The Morgan fingerprint density at radius 3 is 2.83 bits per heavy atom. The molecule has 1 amide bonds. The summed E-state index contributed by atoms with van der Waals surface area (Å²) < 4.78 is 0. The summed E-state index contributed by atoms with van der Waals surface area (Å²) in [6, 6.07) is 5.82. The molecule has 0 spiro atoms. The lowest BCUT2D eigenvalue weighted by atomic mass is 10.1. The maximum atomic E-state index is 12.1. The fourth-order valence-electron chi connectivity index (χ4n) is 2.19. The minimum atomic E-state index is -0.0592. The molecule has 1 saturated carbocycles. The van der Waals surface area contributed by atoms with E-state index in [2.05, 4.69) is 17.7 Å². The Kier molecular flexibility index (Phi) is 3.87. The summed E-state index contributed by atoms with van der Waals surface area (Å²) in [6.45, 7) is 4.03. The van der Waals surface area contributed by atoms with Crippen LogP contribution in [0.5, 0.6) is 0 Å². The summed E-state index contributed by atoms with van der Waals surface area (Å²) in [4.78, 5) is 12.1. The van der Waals surface area contributed by atoms with E-state index < -0.39 is 0 Å². The van der Waals surface area contributed by atoms with Crippen molar-refractivity contribution < 1.29 is 4.79 Å². The topological polar surface area (TPSA) is 67.2 Å². The smallest absolute Gasteiger partial charge is 0.253 e. The standard InChI is InChI=1S/C14H21N3O/c1-9-3-6-12(13(7-9)17-15)14(18)16-10(2)8-11-4-5-11/h3,6-7,10-11,17H,4-5,8,15H2,1-2H3,(H,16,18). The van der Waals surface area contributed by atoms with Crippen molar-refractivity contribution in [3.63, 3.8) is 0 Å². The molecule has 1 aliphatic carbocycles. The highest BCUT2D eigenvalue weighted by Gasteiger charge is 2.24. The average Bonchev–Trinajstić information content (AvgIpc) is 3.12. The maximum Gasteiger partial charge on any atom is 0.253 e. The highest BCUT2D eigenvalue weighted by Crippen LogP contribution is 2.33. The van der Waals surface area contributed by atoms with Gasteiger partial charge in [0.05, 0.1) is 11.3 Å². The zero-order valence-corrected chi connectivity index (χ0v) is 11.0. The van der Waals surface area contributed by atoms with Gasteiger partial charge in [-0.1, -0.05) is 18.9 Å². The van der Waals surface area contributed by atoms with Crippen molar-refractivity contribution in [2.24, 2.45) is 11.8 Å². The first-order chi connectivity index (χ1) is 8.60. The van der Waals surface area contributed by atoms with E-state index in [4.69, 9.17) is 5.84 Å². The van der Waals surface area contributed by atoms with Gasteiger partial charge in [0.25, 0.3) is 5.91 Å². The van der Waals surface area contributed by atoms with Gasteiger partial charge in [-0.15, -0.1) is 0 Å². The number of nitrogen functional groups attached to an aromatic ring is 1. The largest absolute Gasteiger partial charge is 0.350 e. The fraction of sp³-hybridized carbons (Fsp3) is 0.500. The molecule has 1 atom stereocenters. The number of nitrogens with two attached hydrogens (primary N) is 1. The van der Waals surface area contributed by atoms with Gasteiger partial charge in [0.15, 0.2) is 0 Å². The van der Waals surface area contributed by atoms with Gasteiger partial charge >= 0.3 is 0 Å². The van der Waals surface area contributed by atoms with Gasteiger partial charge in [-0.3, -0.25) is 10.6 Å². The Balaban J connectivity index is 2.02. The lowest BCUT2D eigenvalue weighted by molar-refractivity contribution is 0.0938. The van der Waals surface area contributed by atoms with E-state index in [-0.39, 0.29) is 11.9 Å². The number of benzene rings is 1. The third-order valence-electron chi connectivity index (χ3n) is 3.34. The molecule has 4 nitrogen and oxygen atoms in total. The lowest BCUT2D eigenvalue weighted by Crippen LogP contribution is -2.33. The van der Waals surface area contributed by atoms with Crippen molar-refractivity contribution >= 4 is 11.6 Å². The monoisotopic (exact) mass is 247 g/mol. The number of rotatable bonds is 5. The van der Waals surface area contributed by atoms with E-state index in [0.717, 1.165) is 17.9 Å². The second-order valence-electron chi connectivity index (χ2n) is 5.25. The molecule has 4 heteroatoms. The van der Waals surface area contributed by atoms with Crippen molar-refractivity contribution in [2.75, 3.05) is 5.43 Å². The van der Waals surface area contributed by atoms with Crippen LogP contribution in [0.25, 0.3) is 0 Å². The zero-order valence-electron chi connectivity index (χ0n) is 11.0. The van der Waals surface area contributed by atoms with Gasteiger partial charge < -0.3 is 10.7 Å². The summed E-state index contributed by atoms with van der Waals surface area (Å²) >= 11 is 0. The van der Waals surface area contributed by atoms with Gasteiger partial charge in [-0.25, -0.2) is 0 Å². The summed E-state index contributed by atoms with van der Waals surface area (Å²) in [7, 11) is 0. The number of nitrogens with one attached hydrogen (secondary N) is 2. The Morgan fingerprint density at radius 1 is 1.50 bits per heavy atom. The zero-order chi connectivity index (χ0) is 13.1. The molecule has 0 radical (unpaired) electrons. The molecule has 0 aliphatic heterocycles. The number of carbonyl (C=O) groups excluding carboxylic acids is 1. The van der Waals surface area contributed by atoms with Crippen molar-refractivity contribution in [3.8, 4) is 0 Å². The first-order valence-electron chi connectivity index (χ1n) is 6.48. The van der Waals surface area contributed by atoms with Crippen molar-refractivity contribution in [2.45, 2.75) is 39.2 Å². The average molecular weight is 247 g/mol. The second-order valence-corrected chi connectivity index (χ2v) is 5.25. The van der Waals surface area contributed by atoms with Crippen LogP contribution in [0.1, 0.15) is 42.1 Å². The molecular weight excluding hydrogens is 226 g/mol. The molecule has 0 aromatic heterocycles. The summed E-state index contributed by atoms with van der Waals surface area (Å²) in [5, 5.41) is 3.03. The molecule has 1 unspecified atom stereocenters. The Labute approximate surface area is 108 Å². The molecule has 1 fully saturated rings. The molecule has 2 rings (SSSR count). The van der Waals surface area contributed by atoms with Crippen LogP contribution in [0.3, 0.4) is 0 Å². The number of aryl methyl sites for hydroxylation is 1. The molecule has 1 aromatic rings. The van der Waals surface area contributed by atoms with E-state index >= 15 is 0 Å². The van der Waals surface area contributed by atoms with E-state index in [0.29, 0.717) is 11.3 Å². The van der Waals surface area contributed by atoms with Gasteiger partial charge in [0.1, 0.15) is 0 Å². The van der Waals surface area contributed by atoms with Gasteiger partial charge in [0.2, 0.25) is 0 Å². The molecular formula is C14H21N3O. The van der Waals surface area contributed by atoms with Crippen LogP contribution in [-0.4, -0.2) is 11.9 Å². The number of anilines is 1. The predicted molar refractivity (Wildman–Crippen MR) is 73.3 cm³/mol. The number of hydrogen-bond acceptors (Lipinski definition) is 3. The normalized spacial score (nSPS) is 16.2. The van der Waals surface area contributed by atoms with Crippen LogP contribution in [0.4, 0.5) is 5.69 Å². The quantitative estimate of drug-likeness (QED) is 0.552. The molecule has 1 aromatic carbocycles. The Morgan fingerprint density at radius 2 is 2.22 bits per heavy atom. The summed E-state index contributed by atoms with van der Waals surface area (Å²) in [6.07, 6.45) is 3.68. The number of amides is 1. The minimum Gasteiger partial charge on any atom is -0.350 e. The van der Waals surface area contributed by atoms with Crippen LogP contribution in [-0.2, 0) is 0 Å². The summed E-state index contributed by atoms with van der Waals surface area (Å²) in [5.74, 6) is 6.20. The van der Waals surface area contributed by atoms with E-state index in [1.54, 1.807) is 0 Å². The van der Waals surface area contributed by atoms with E-state index in [9.17, 15) is 4.79 Å². The summed E-state index contributed by atoms with van der Waals surface area (Å²) in [5.41, 5.74) is 4.93. The third-order valence-corrected chi connectivity index (χ3v) is 3.34. The molecule has 1 aliphatic rings. The first kappa shape index (κ1) is 12.9. The number of hydrazine groups is 1. The fourth-order valence-corrected chi connectivity index (χ4v) is 2.19. The van der Waals surface area contributed by atoms with Crippen molar-refractivity contribution in [3.05, 3.63) is 29.3 Å². The molecule has 0 heterocycles. The SMILES string of the molecule is Cc1ccc(C(=O)NC(C)CC2CC2)c(NN)c1. The van der Waals surface area contributed by atoms with E-state index in [1.165, 1.54) is 12.8 Å². The molecule has 0 saturated heterocycles. The molecule has 18 heavy (non-hydrogen) atoms. The van der Waals surface area contributed by atoms with E-state index in [1.807, 2.05) is 25.1 Å². The van der Waals surface area contributed by atoms with Gasteiger partial charge in [-0.2, -0.15) is 0 Å². The highest BCUT2D eigenvalue weighted by molar-refractivity contribution is 5.99. The predicted octanol–water partition coefficient (Wildman–Crippen LogP) is 2.20. The number of hydrogen-bond donors (Lipinski definition) is 3. The van der Waals surface area contributed by atoms with Crippen LogP contribution >= 0.6 is 0 Å². The molecule has 4 N–H and O–H groups in total. The van der Waals surface area contributed by atoms with Crippen LogP contribution in [0.2, 0.25) is 0 Å². The van der Waals surface area contributed by atoms with Crippen LogP contribution in [0, 0.1) is 12.8 Å². The lowest BCUT2D eigenvalue weighted by Gasteiger charge is -2.15. The Bertz CT molecular complexity index is 441. The molecule has 98 valence electrons. The van der Waals surface area contributed by atoms with Crippen LogP contribution in [0.15, 0.2) is 18.2 Å². The second kappa shape index (κ2) is 5.40. The van der Waals surface area contributed by atoms with Crippen molar-refractivity contribution in [1.82, 2.24) is 5.32 Å². The van der Waals surface area contributed by atoms with Crippen molar-refractivity contribution in [1.29, 1.82) is 0 Å². The molecule has 0 bridgehead atoms. The first-order valence-corrected chi connectivity index (χ1v) is 6.48. The Hall–Kier alpha value is -1.55. The van der Waals surface area contributed by atoms with Gasteiger partial charge in [0, 0.05) is 6.04 Å². The number of carbonyl (C=O) groups is 1. The van der Waals surface area contributed by atoms with Crippen LogP contribution < -0.4 is 16.6 Å². The minimum absolute atomic E-state index is 0.0592.